The average molecular weight is 320 g/mol. The fraction of sp³-hybridized carbons (Fsp3) is 0.190. The molecule has 0 spiro atoms. The van der Waals surface area contributed by atoms with Crippen LogP contribution in [0.4, 0.5) is 0 Å². The van der Waals surface area contributed by atoms with Gasteiger partial charge in [0.1, 0.15) is 0 Å². The molecule has 0 aliphatic carbocycles. The van der Waals surface area contributed by atoms with Gasteiger partial charge in [0.25, 0.3) is 0 Å². The highest BCUT2D eigenvalue weighted by Gasteiger charge is 2.14. The molecule has 1 N–H and O–H groups in total. The number of esters is 1. The molecular formula is C21H20O3. The van der Waals surface area contributed by atoms with Gasteiger partial charge in [0.2, 0.25) is 0 Å². The molecule has 0 aliphatic heterocycles. The summed E-state index contributed by atoms with van der Waals surface area (Å²) in [7, 11) is 0. The smallest absolute Gasteiger partial charge is 0.343 e. The quantitative estimate of drug-likeness (QED) is 0.525. The Morgan fingerprint density at radius 1 is 1.04 bits per heavy atom. The zero-order valence-electron chi connectivity index (χ0n) is 13.8. The average Bonchev–Trinajstić information content (AvgIpc) is 2.62. The van der Waals surface area contributed by atoms with Crippen molar-refractivity contribution in [3.63, 3.8) is 0 Å². The molecule has 0 aliphatic rings. The summed E-state index contributed by atoms with van der Waals surface area (Å²) >= 11 is 0. The third kappa shape index (κ3) is 3.25. The van der Waals surface area contributed by atoms with Gasteiger partial charge in [-0.15, -0.1) is 0 Å². The van der Waals surface area contributed by atoms with Crippen molar-refractivity contribution >= 4 is 16.7 Å². The van der Waals surface area contributed by atoms with Crippen LogP contribution in [0, 0.1) is 0 Å². The van der Waals surface area contributed by atoms with Gasteiger partial charge in [-0.25, -0.2) is 4.79 Å². The van der Waals surface area contributed by atoms with E-state index in [0.717, 1.165) is 22.8 Å². The van der Waals surface area contributed by atoms with Crippen molar-refractivity contribution in [2.75, 3.05) is 0 Å². The molecular weight excluding hydrogens is 300 g/mol. The van der Waals surface area contributed by atoms with Crippen LogP contribution in [0.1, 0.15) is 42.1 Å². The first-order valence-corrected chi connectivity index (χ1v) is 8.12. The molecule has 0 amide bonds. The van der Waals surface area contributed by atoms with E-state index in [0.29, 0.717) is 11.5 Å². The molecule has 0 fully saturated rings. The standard InChI is InChI=1S/C21H20O3/c1-3-14(2)16-10-11-19(22)20(13-16)24-21(23)18-9-8-15-6-4-5-7-17(15)12-18/h4-14,22H,3H2,1-2H3. The number of rotatable bonds is 4. The molecule has 122 valence electrons. The first-order valence-electron chi connectivity index (χ1n) is 8.12. The molecule has 0 saturated carbocycles. The van der Waals surface area contributed by atoms with E-state index in [-0.39, 0.29) is 11.5 Å². The third-order valence-electron chi connectivity index (χ3n) is 4.35. The van der Waals surface area contributed by atoms with Crippen LogP contribution < -0.4 is 4.74 Å². The molecule has 3 rings (SSSR count). The van der Waals surface area contributed by atoms with E-state index in [1.807, 2.05) is 36.4 Å². The summed E-state index contributed by atoms with van der Waals surface area (Å²) in [6.07, 6.45) is 0.975. The lowest BCUT2D eigenvalue weighted by Gasteiger charge is -2.12. The molecule has 24 heavy (non-hydrogen) atoms. The number of carbonyl (C=O) groups is 1. The van der Waals surface area contributed by atoms with Gasteiger partial charge in [0.05, 0.1) is 5.56 Å². The minimum atomic E-state index is -0.475. The van der Waals surface area contributed by atoms with Gasteiger partial charge in [-0.3, -0.25) is 0 Å². The van der Waals surface area contributed by atoms with Crippen molar-refractivity contribution in [3.05, 3.63) is 71.8 Å². The molecule has 1 unspecified atom stereocenters. The SMILES string of the molecule is CCC(C)c1ccc(O)c(OC(=O)c2ccc3ccccc3c2)c1. The van der Waals surface area contributed by atoms with Gasteiger partial charge in [-0.2, -0.15) is 0 Å². The molecule has 1 atom stereocenters. The number of hydrogen-bond acceptors (Lipinski definition) is 3. The van der Waals surface area contributed by atoms with Crippen molar-refractivity contribution in [1.82, 2.24) is 0 Å². The number of aromatic hydroxyl groups is 1. The van der Waals surface area contributed by atoms with E-state index in [4.69, 9.17) is 4.74 Å². The molecule has 0 heterocycles. The van der Waals surface area contributed by atoms with Crippen LogP contribution in [0.2, 0.25) is 0 Å². The summed E-state index contributed by atoms with van der Waals surface area (Å²) in [4.78, 5) is 12.4. The highest BCUT2D eigenvalue weighted by atomic mass is 16.5. The Hall–Kier alpha value is -2.81. The minimum absolute atomic E-state index is 0.0313. The van der Waals surface area contributed by atoms with Crippen molar-refractivity contribution in [3.8, 4) is 11.5 Å². The lowest BCUT2D eigenvalue weighted by Crippen LogP contribution is -2.09. The number of fused-ring (bicyclic) bond motifs is 1. The van der Waals surface area contributed by atoms with Crippen molar-refractivity contribution in [1.29, 1.82) is 0 Å². The summed E-state index contributed by atoms with van der Waals surface area (Å²) in [6, 6.07) is 18.4. The first-order chi connectivity index (χ1) is 11.6. The van der Waals surface area contributed by atoms with Crippen LogP contribution in [0.15, 0.2) is 60.7 Å². The van der Waals surface area contributed by atoms with Crippen molar-refractivity contribution in [2.45, 2.75) is 26.2 Å². The number of carbonyl (C=O) groups excluding carboxylic acids is 1. The van der Waals surface area contributed by atoms with E-state index < -0.39 is 5.97 Å². The molecule has 0 aromatic heterocycles. The van der Waals surface area contributed by atoms with Gasteiger partial charge in [-0.1, -0.05) is 50.2 Å². The van der Waals surface area contributed by atoms with Crippen LogP contribution in [0.25, 0.3) is 10.8 Å². The van der Waals surface area contributed by atoms with Crippen LogP contribution in [0.3, 0.4) is 0 Å². The lowest BCUT2D eigenvalue weighted by atomic mass is 9.98. The van der Waals surface area contributed by atoms with E-state index in [9.17, 15) is 9.90 Å². The second kappa shape index (κ2) is 6.75. The maximum absolute atomic E-state index is 12.4. The van der Waals surface area contributed by atoms with Crippen LogP contribution in [0.5, 0.6) is 11.5 Å². The molecule has 0 radical (unpaired) electrons. The largest absolute Gasteiger partial charge is 0.504 e. The maximum Gasteiger partial charge on any atom is 0.343 e. The fourth-order valence-corrected chi connectivity index (χ4v) is 2.63. The van der Waals surface area contributed by atoms with Crippen molar-refractivity contribution in [2.24, 2.45) is 0 Å². The molecule has 3 heteroatoms. The highest BCUT2D eigenvalue weighted by Crippen LogP contribution is 2.31. The molecule has 3 aromatic rings. The monoisotopic (exact) mass is 320 g/mol. The maximum atomic E-state index is 12.4. The number of phenols is 1. The van der Waals surface area contributed by atoms with Crippen LogP contribution >= 0.6 is 0 Å². The van der Waals surface area contributed by atoms with Gasteiger partial charge in [0, 0.05) is 0 Å². The fourth-order valence-electron chi connectivity index (χ4n) is 2.63. The number of ether oxygens (including phenoxy) is 1. The second-order valence-corrected chi connectivity index (χ2v) is 5.99. The number of phenolic OH excluding ortho intramolecular Hbond substituents is 1. The Balaban J connectivity index is 1.88. The zero-order chi connectivity index (χ0) is 17.1. The van der Waals surface area contributed by atoms with E-state index in [2.05, 4.69) is 13.8 Å². The summed E-state index contributed by atoms with van der Waals surface area (Å²) in [5.74, 6) is 0.0308. The predicted octanol–water partition coefficient (Wildman–Crippen LogP) is 5.28. The highest BCUT2D eigenvalue weighted by molar-refractivity contribution is 5.96. The predicted molar refractivity (Wildman–Crippen MR) is 95.7 cm³/mol. The topological polar surface area (TPSA) is 46.5 Å². The Morgan fingerprint density at radius 2 is 1.79 bits per heavy atom. The summed E-state index contributed by atoms with van der Waals surface area (Å²) in [6.45, 7) is 4.19. The van der Waals surface area contributed by atoms with Gasteiger partial charge in [0.15, 0.2) is 11.5 Å². The summed E-state index contributed by atoms with van der Waals surface area (Å²) < 4.78 is 5.43. The van der Waals surface area contributed by atoms with Gasteiger partial charge >= 0.3 is 5.97 Å². The normalized spacial score (nSPS) is 12.1. The Bertz CT molecular complexity index is 883. The second-order valence-electron chi connectivity index (χ2n) is 5.99. The van der Waals surface area contributed by atoms with E-state index in [1.54, 1.807) is 24.3 Å². The zero-order valence-corrected chi connectivity index (χ0v) is 13.8. The number of hydrogen-bond donors (Lipinski definition) is 1. The van der Waals surface area contributed by atoms with E-state index >= 15 is 0 Å². The lowest BCUT2D eigenvalue weighted by molar-refractivity contribution is 0.0729. The summed E-state index contributed by atoms with van der Waals surface area (Å²) in [5, 5.41) is 12.0. The van der Waals surface area contributed by atoms with E-state index in [1.165, 1.54) is 0 Å². The Labute approximate surface area is 141 Å². The minimum Gasteiger partial charge on any atom is -0.504 e. The van der Waals surface area contributed by atoms with Gasteiger partial charge in [-0.05, 0) is 52.9 Å². The molecule has 3 nitrogen and oxygen atoms in total. The third-order valence-corrected chi connectivity index (χ3v) is 4.35. The molecule has 3 aromatic carbocycles. The molecule has 0 bridgehead atoms. The van der Waals surface area contributed by atoms with Crippen molar-refractivity contribution < 1.29 is 14.6 Å². The summed E-state index contributed by atoms with van der Waals surface area (Å²) in [5.41, 5.74) is 1.50. The Kier molecular flexibility index (Phi) is 4.52. The van der Waals surface area contributed by atoms with Crippen LogP contribution in [-0.2, 0) is 0 Å². The molecule has 0 saturated heterocycles. The first kappa shape index (κ1) is 16.1. The van der Waals surface area contributed by atoms with Gasteiger partial charge < -0.3 is 9.84 Å². The number of benzene rings is 3. The Morgan fingerprint density at radius 3 is 2.54 bits per heavy atom. The van der Waals surface area contributed by atoms with Crippen LogP contribution in [-0.4, -0.2) is 11.1 Å².